The van der Waals surface area contributed by atoms with E-state index in [1.807, 2.05) is 25.3 Å². The Hall–Kier alpha value is -3.38. The van der Waals surface area contributed by atoms with Crippen LogP contribution in [-0.2, 0) is 27.5 Å². The van der Waals surface area contributed by atoms with Crippen molar-refractivity contribution in [3.05, 3.63) is 64.0 Å². The predicted molar refractivity (Wildman–Crippen MR) is 134 cm³/mol. The summed E-state index contributed by atoms with van der Waals surface area (Å²) < 4.78 is 0. The molecule has 36 heavy (non-hydrogen) atoms. The third-order valence-corrected chi connectivity index (χ3v) is 6.28. The van der Waals surface area contributed by atoms with Gasteiger partial charge in [0.05, 0.1) is 24.5 Å². The molecule has 0 aliphatic carbocycles. The molecule has 0 amide bonds. The van der Waals surface area contributed by atoms with Crippen molar-refractivity contribution in [1.82, 2.24) is 9.88 Å². The highest BCUT2D eigenvalue weighted by Gasteiger charge is 2.40. The molecule has 0 bridgehead atoms. The topological polar surface area (TPSA) is 168 Å². The Morgan fingerprint density at radius 3 is 2.22 bits per heavy atom. The number of hydrogen-bond donors (Lipinski definition) is 5. The highest BCUT2D eigenvalue weighted by Crippen LogP contribution is 2.22. The van der Waals surface area contributed by atoms with E-state index in [1.54, 1.807) is 11.3 Å². The lowest BCUT2D eigenvalue weighted by Gasteiger charge is -2.24. The average molecular weight is 519 g/mol. The first kappa shape index (κ1) is 28.9. The summed E-state index contributed by atoms with van der Waals surface area (Å²) in [4.78, 5) is 38.6. The number of thiophene rings is 1. The van der Waals surface area contributed by atoms with Crippen molar-refractivity contribution in [2.75, 3.05) is 6.54 Å². The molecule has 2 aromatic heterocycles. The number of benzene rings is 1. The Morgan fingerprint density at radius 2 is 1.69 bits per heavy atom. The van der Waals surface area contributed by atoms with Crippen molar-refractivity contribution in [3.63, 3.8) is 0 Å². The Balaban J connectivity index is 0.000000302. The number of aromatic nitrogens is 1. The quantitative estimate of drug-likeness (QED) is 0.254. The minimum absolute atomic E-state index is 0.344. The van der Waals surface area contributed by atoms with Gasteiger partial charge in [-0.05, 0) is 48.6 Å². The molecule has 10 nitrogen and oxygen atoms in total. The highest BCUT2D eigenvalue weighted by atomic mass is 32.1. The fourth-order valence-corrected chi connectivity index (χ4v) is 4.54. The number of nitrogens with zero attached hydrogens (tertiary/aromatic N) is 2. The smallest absolute Gasteiger partial charge is 0.336 e. The van der Waals surface area contributed by atoms with Crippen molar-refractivity contribution in [2.24, 2.45) is 0 Å². The maximum atomic E-state index is 10.3. The zero-order valence-corrected chi connectivity index (χ0v) is 20.8. The lowest BCUT2D eigenvalue weighted by atomic mass is 9.96. The molecule has 3 rings (SSSR count). The van der Waals surface area contributed by atoms with Gasteiger partial charge in [-0.15, -0.1) is 11.3 Å². The fraction of sp³-hybridized carbons (Fsp3) is 0.360. The Bertz CT molecular complexity index is 1170. The molecule has 1 aromatic carbocycles. The van der Waals surface area contributed by atoms with Crippen LogP contribution in [0.5, 0.6) is 0 Å². The molecule has 0 saturated carbocycles. The standard InChI is InChI=1S/C19H22N2OS.C6H8O7/c1-14-8-10-23-19(14)13-21(11-15(2)22)12-16-5-3-7-18-17(16)6-4-9-20-18;7-3(8)1-6(13,5(11)12)2-4(9)10/h3-10,15,22H,11-13H2,1-2H3;13H,1-2H2,(H,7,8)(H,9,10)(H,11,12). The van der Waals surface area contributed by atoms with Gasteiger partial charge in [-0.3, -0.25) is 19.5 Å². The molecule has 1 unspecified atom stereocenters. The summed E-state index contributed by atoms with van der Waals surface area (Å²) >= 11 is 1.78. The Labute approximate surface area is 212 Å². The van der Waals surface area contributed by atoms with Crippen LogP contribution in [0.3, 0.4) is 0 Å². The van der Waals surface area contributed by atoms with Gasteiger partial charge in [-0.1, -0.05) is 18.2 Å². The normalized spacial score (nSPS) is 12.1. The third-order valence-electron chi connectivity index (χ3n) is 5.27. The van der Waals surface area contributed by atoms with Crippen LogP contribution in [-0.4, -0.2) is 71.6 Å². The lowest BCUT2D eigenvalue weighted by molar-refractivity contribution is -0.170. The zero-order valence-electron chi connectivity index (χ0n) is 20.0. The summed E-state index contributed by atoms with van der Waals surface area (Å²) in [6, 6.07) is 12.5. The van der Waals surface area contributed by atoms with E-state index in [1.165, 1.54) is 21.4 Å². The van der Waals surface area contributed by atoms with Crippen molar-refractivity contribution in [3.8, 4) is 0 Å². The van der Waals surface area contributed by atoms with Crippen LogP contribution in [0.4, 0.5) is 0 Å². The molecule has 0 saturated heterocycles. The van der Waals surface area contributed by atoms with Crippen LogP contribution in [0.2, 0.25) is 0 Å². The number of fused-ring (bicyclic) bond motifs is 1. The second-order valence-corrected chi connectivity index (χ2v) is 9.51. The summed E-state index contributed by atoms with van der Waals surface area (Å²) in [5.41, 5.74) is 0.863. The molecule has 5 N–H and O–H groups in total. The summed E-state index contributed by atoms with van der Waals surface area (Å²) in [6.45, 7) is 6.33. The second-order valence-electron chi connectivity index (χ2n) is 8.51. The van der Waals surface area contributed by atoms with Gasteiger partial charge in [0.15, 0.2) is 5.60 Å². The molecular formula is C25H30N2O8S. The van der Waals surface area contributed by atoms with Gasteiger partial charge in [0.2, 0.25) is 0 Å². The van der Waals surface area contributed by atoms with E-state index in [0.29, 0.717) is 6.54 Å². The van der Waals surface area contributed by atoms with E-state index in [4.69, 9.17) is 20.4 Å². The van der Waals surface area contributed by atoms with Crippen LogP contribution in [0.25, 0.3) is 10.9 Å². The number of rotatable bonds is 11. The minimum Gasteiger partial charge on any atom is -0.481 e. The molecule has 1 atom stereocenters. The molecule has 0 spiro atoms. The number of pyridine rings is 1. The molecular weight excluding hydrogens is 488 g/mol. The van der Waals surface area contributed by atoms with E-state index in [2.05, 4.69) is 46.5 Å². The number of aliphatic carboxylic acids is 3. The molecule has 11 heteroatoms. The van der Waals surface area contributed by atoms with E-state index in [0.717, 1.165) is 18.6 Å². The summed E-state index contributed by atoms with van der Waals surface area (Å²) in [6.07, 6.45) is -0.804. The van der Waals surface area contributed by atoms with Gasteiger partial charge < -0.3 is 25.5 Å². The Kier molecular flexibility index (Phi) is 10.5. The molecule has 0 fully saturated rings. The summed E-state index contributed by atoms with van der Waals surface area (Å²) in [5, 5.41) is 47.0. The third kappa shape index (κ3) is 8.68. The average Bonchev–Trinajstić information content (AvgIpc) is 3.17. The van der Waals surface area contributed by atoms with Crippen LogP contribution in [0.1, 0.15) is 35.8 Å². The number of aliphatic hydroxyl groups excluding tert-OH is 1. The maximum absolute atomic E-state index is 10.3. The van der Waals surface area contributed by atoms with Gasteiger partial charge in [0, 0.05) is 36.1 Å². The predicted octanol–water partition coefficient (Wildman–Crippen LogP) is 2.74. The molecule has 0 aliphatic heterocycles. The lowest BCUT2D eigenvalue weighted by Crippen LogP contribution is -2.42. The number of aryl methyl sites for hydroxylation is 1. The van der Waals surface area contributed by atoms with Crippen molar-refractivity contribution < 1.29 is 39.9 Å². The second kappa shape index (κ2) is 13.1. The van der Waals surface area contributed by atoms with E-state index in [-0.39, 0.29) is 6.10 Å². The van der Waals surface area contributed by atoms with Gasteiger partial charge >= 0.3 is 17.9 Å². The minimum atomic E-state index is -2.74. The summed E-state index contributed by atoms with van der Waals surface area (Å²) in [7, 11) is 0. The van der Waals surface area contributed by atoms with Crippen LogP contribution < -0.4 is 0 Å². The zero-order chi connectivity index (χ0) is 26.9. The maximum Gasteiger partial charge on any atom is 0.336 e. The number of hydrogen-bond acceptors (Lipinski definition) is 8. The van der Waals surface area contributed by atoms with E-state index >= 15 is 0 Å². The van der Waals surface area contributed by atoms with Gasteiger partial charge in [-0.2, -0.15) is 0 Å². The number of aliphatic hydroxyl groups is 2. The number of carbonyl (C=O) groups is 3. The molecule has 0 aliphatic rings. The molecule has 2 heterocycles. The highest BCUT2D eigenvalue weighted by molar-refractivity contribution is 7.10. The van der Waals surface area contributed by atoms with E-state index in [9.17, 15) is 19.5 Å². The monoisotopic (exact) mass is 518 g/mol. The summed E-state index contributed by atoms with van der Waals surface area (Å²) in [5.74, 6) is -5.02. The number of carboxylic acid groups (broad SMARTS) is 3. The first-order valence-electron chi connectivity index (χ1n) is 11.1. The van der Waals surface area contributed by atoms with Crippen LogP contribution >= 0.6 is 11.3 Å². The van der Waals surface area contributed by atoms with Crippen molar-refractivity contribution >= 4 is 40.1 Å². The largest absolute Gasteiger partial charge is 0.481 e. The molecule has 194 valence electrons. The van der Waals surface area contributed by atoms with Crippen molar-refractivity contribution in [2.45, 2.75) is 51.5 Å². The molecule has 0 radical (unpaired) electrons. The first-order chi connectivity index (χ1) is 16.9. The fourth-order valence-electron chi connectivity index (χ4n) is 3.59. The number of carboxylic acids is 3. The van der Waals surface area contributed by atoms with Crippen LogP contribution in [0, 0.1) is 6.92 Å². The van der Waals surface area contributed by atoms with Crippen LogP contribution in [0.15, 0.2) is 48.0 Å². The SMILES string of the molecule is Cc1ccsc1CN(Cc1cccc2ncccc12)CC(C)O.O=C(O)CC(O)(CC(=O)O)C(=O)O. The van der Waals surface area contributed by atoms with Crippen molar-refractivity contribution in [1.29, 1.82) is 0 Å². The van der Waals surface area contributed by atoms with Gasteiger partial charge in [0.1, 0.15) is 0 Å². The van der Waals surface area contributed by atoms with Gasteiger partial charge in [0.25, 0.3) is 0 Å². The Morgan fingerprint density at radius 1 is 1.03 bits per heavy atom. The van der Waals surface area contributed by atoms with Gasteiger partial charge in [-0.25, -0.2) is 4.79 Å². The van der Waals surface area contributed by atoms with E-state index < -0.39 is 36.4 Å². The first-order valence-corrected chi connectivity index (χ1v) is 11.9. The molecule has 3 aromatic rings.